The number of rotatable bonds is 4. The first-order valence-electron chi connectivity index (χ1n) is 5.06. The number of aromatic nitrogens is 2. The molecule has 0 atom stereocenters. The number of carbonyl (C=O) groups excluding carboxylic acids is 2. The van der Waals surface area contributed by atoms with Crippen LogP contribution in [0.25, 0.3) is 0 Å². The zero-order chi connectivity index (χ0) is 12.8. The number of carbonyl (C=O) groups is 2. The highest BCUT2D eigenvalue weighted by atomic mass is 16.5. The lowest BCUT2D eigenvalue weighted by molar-refractivity contribution is 0.0473. The highest BCUT2D eigenvalue weighted by Crippen LogP contribution is 2.10. The van der Waals surface area contributed by atoms with Crippen LogP contribution in [0.3, 0.4) is 0 Å². The average Bonchev–Trinajstić information content (AvgIpc) is 2.29. The maximum absolute atomic E-state index is 11.6. The van der Waals surface area contributed by atoms with Crippen LogP contribution in [0.15, 0.2) is 6.20 Å². The molecule has 17 heavy (non-hydrogen) atoms. The van der Waals surface area contributed by atoms with Gasteiger partial charge in [0.1, 0.15) is 5.56 Å². The summed E-state index contributed by atoms with van der Waals surface area (Å²) in [5.74, 6) is -1.53. The van der Waals surface area contributed by atoms with Crippen molar-refractivity contribution in [1.29, 1.82) is 0 Å². The first-order chi connectivity index (χ1) is 8.10. The van der Waals surface area contributed by atoms with Gasteiger partial charge in [0, 0.05) is 6.20 Å². The van der Waals surface area contributed by atoms with Crippen molar-refractivity contribution in [2.75, 3.05) is 18.9 Å². The van der Waals surface area contributed by atoms with Gasteiger partial charge in [-0.1, -0.05) is 0 Å². The lowest BCUT2D eigenvalue weighted by Crippen LogP contribution is -2.17. The van der Waals surface area contributed by atoms with Crippen molar-refractivity contribution < 1.29 is 19.1 Å². The highest BCUT2D eigenvalue weighted by Gasteiger charge is 2.21. The van der Waals surface area contributed by atoms with Crippen LogP contribution < -0.4 is 5.73 Å². The Kier molecular flexibility index (Phi) is 4.38. The van der Waals surface area contributed by atoms with Crippen LogP contribution in [0, 0.1) is 0 Å². The fourth-order valence-electron chi connectivity index (χ4n) is 1.11. The van der Waals surface area contributed by atoms with Crippen molar-refractivity contribution in [2.45, 2.75) is 13.8 Å². The van der Waals surface area contributed by atoms with Gasteiger partial charge in [-0.3, -0.25) is 0 Å². The molecule has 0 saturated carbocycles. The number of hydrogen-bond acceptors (Lipinski definition) is 7. The highest BCUT2D eigenvalue weighted by molar-refractivity contribution is 6.01. The fourth-order valence-corrected chi connectivity index (χ4v) is 1.11. The Bertz CT molecular complexity index is 434. The summed E-state index contributed by atoms with van der Waals surface area (Å²) in [7, 11) is 0. The van der Waals surface area contributed by atoms with Gasteiger partial charge in [0.15, 0.2) is 5.69 Å². The first kappa shape index (κ1) is 12.9. The van der Waals surface area contributed by atoms with Crippen LogP contribution >= 0.6 is 0 Å². The predicted octanol–water partition coefficient (Wildman–Crippen LogP) is 0.412. The van der Waals surface area contributed by atoms with E-state index < -0.39 is 11.9 Å². The minimum Gasteiger partial charge on any atom is -0.462 e. The van der Waals surface area contributed by atoms with Gasteiger partial charge in [-0.2, -0.15) is 0 Å². The number of ether oxygens (including phenoxy) is 2. The van der Waals surface area contributed by atoms with Crippen molar-refractivity contribution in [3.05, 3.63) is 17.5 Å². The van der Waals surface area contributed by atoms with E-state index in [1.165, 1.54) is 0 Å². The van der Waals surface area contributed by atoms with Crippen LogP contribution in [0.1, 0.15) is 34.7 Å². The topological polar surface area (TPSA) is 104 Å². The van der Waals surface area contributed by atoms with Crippen molar-refractivity contribution in [2.24, 2.45) is 0 Å². The Hall–Kier alpha value is -2.18. The number of hydrogen-bond donors (Lipinski definition) is 1. The van der Waals surface area contributed by atoms with E-state index >= 15 is 0 Å². The molecular weight excluding hydrogens is 226 g/mol. The largest absolute Gasteiger partial charge is 0.462 e. The van der Waals surface area contributed by atoms with Crippen LogP contribution in [0.5, 0.6) is 0 Å². The van der Waals surface area contributed by atoms with Gasteiger partial charge in [0.2, 0.25) is 5.95 Å². The van der Waals surface area contributed by atoms with Crippen LogP contribution in [-0.2, 0) is 9.47 Å². The molecule has 2 N–H and O–H groups in total. The summed E-state index contributed by atoms with van der Waals surface area (Å²) >= 11 is 0. The van der Waals surface area contributed by atoms with E-state index in [1.807, 2.05) is 0 Å². The normalized spacial score (nSPS) is 9.76. The summed E-state index contributed by atoms with van der Waals surface area (Å²) in [6, 6.07) is 0. The Morgan fingerprint density at radius 3 is 2.41 bits per heavy atom. The van der Waals surface area contributed by atoms with Crippen molar-refractivity contribution in [3.63, 3.8) is 0 Å². The number of anilines is 1. The third kappa shape index (κ3) is 3.13. The SMILES string of the molecule is CCOC(=O)c1cnc(N)nc1C(=O)OCC. The molecule has 7 nitrogen and oxygen atoms in total. The molecule has 0 fully saturated rings. The summed E-state index contributed by atoms with van der Waals surface area (Å²) in [4.78, 5) is 30.4. The van der Waals surface area contributed by atoms with Gasteiger partial charge in [0.25, 0.3) is 0 Å². The monoisotopic (exact) mass is 239 g/mol. The van der Waals surface area contributed by atoms with Crippen LogP contribution in [-0.4, -0.2) is 35.1 Å². The van der Waals surface area contributed by atoms with E-state index in [4.69, 9.17) is 15.2 Å². The van der Waals surface area contributed by atoms with E-state index in [2.05, 4.69) is 9.97 Å². The molecule has 0 unspecified atom stereocenters. The molecule has 0 amide bonds. The van der Waals surface area contributed by atoms with E-state index in [0.717, 1.165) is 6.20 Å². The molecule has 92 valence electrons. The molecule has 1 aromatic rings. The van der Waals surface area contributed by atoms with E-state index in [-0.39, 0.29) is 30.4 Å². The molecular formula is C10H13N3O4. The number of nitrogens with two attached hydrogens (primary N) is 1. The van der Waals surface area contributed by atoms with Crippen LogP contribution in [0.2, 0.25) is 0 Å². The summed E-state index contributed by atoms with van der Waals surface area (Å²) in [6.07, 6.45) is 1.15. The molecule has 1 heterocycles. The minimum atomic E-state index is -0.732. The lowest BCUT2D eigenvalue weighted by Gasteiger charge is -2.07. The van der Waals surface area contributed by atoms with Gasteiger partial charge in [-0.25, -0.2) is 19.6 Å². The molecule has 0 saturated heterocycles. The molecule has 1 aromatic heterocycles. The van der Waals surface area contributed by atoms with Crippen LogP contribution in [0.4, 0.5) is 5.95 Å². The Balaban J connectivity index is 3.11. The van der Waals surface area contributed by atoms with E-state index in [1.54, 1.807) is 13.8 Å². The molecule has 0 aliphatic heterocycles. The summed E-state index contributed by atoms with van der Waals surface area (Å²) < 4.78 is 9.53. The third-order valence-corrected chi connectivity index (χ3v) is 1.77. The standard InChI is InChI=1S/C10H13N3O4/c1-3-16-8(14)6-5-12-10(11)13-7(6)9(15)17-4-2/h5H,3-4H2,1-2H3,(H2,11,12,13). The first-order valence-corrected chi connectivity index (χ1v) is 5.06. The maximum atomic E-state index is 11.6. The van der Waals surface area contributed by atoms with Crippen molar-refractivity contribution in [1.82, 2.24) is 9.97 Å². The average molecular weight is 239 g/mol. The molecule has 0 aliphatic rings. The quantitative estimate of drug-likeness (QED) is 0.758. The zero-order valence-corrected chi connectivity index (χ0v) is 9.60. The second-order valence-corrected chi connectivity index (χ2v) is 2.93. The Labute approximate surface area is 98.0 Å². The number of nitrogens with zero attached hydrogens (tertiary/aromatic N) is 2. The molecule has 0 aromatic carbocycles. The Morgan fingerprint density at radius 1 is 1.24 bits per heavy atom. The molecule has 0 aliphatic carbocycles. The predicted molar refractivity (Wildman–Crippen MR) is 58.4 cm³/mol. The molecule has 7 heteroatoms. The maximum Gasteiger partial charge on any atom is 0.358 e. The second-order valence-electron chi connectivity index (χ2n) is 2.93. The van der Waals surface area contributed by atoms with Gasteiger partial charge in [0.05, 0.1) is 13.2 Å². The molecule has 0 radical (unpaired) electrons. The fraction of sp³-hybridized carbons (Fsp3) is 0.400. The number of esters is 2. The second kappa shape index (κ2) is 5.78. The summed E-state index contributed by atoms with van der Waals surface area (Å²) in [6.45, 7) is 3.66. The zero-order valence-electron chi connectivity index (χ0n) is 9.60. The third-order valence-electron chi connectivity index (χ3n) is 1.77. The number of nitrogen functional groups attached to an aromatic ring is 1. The van der Waals surface area contributed by atoms with Gasteiger partial charge in [-0.15, -0.1) is 0 Å². The Morgan fingerprint density at radius 2 is 1.82 bits per heavy atom. The van der Waals surface area contributed by atoms with Gasteiger partial charge in [-0.05, 0) is 13.8 Å². The minimum absolute atomic E-state index is 0.0560. The smallest absolute Gasteiger partial charge is 0.358 e. The summed E-state index contributed by atoms with van der Waals surface area (Å²) in [5, 5.41) is 0. The van der Waals surface area contributed by atoms with Gasteiger partial charge >= 0.3 is 11.9 Å². The molecule has 1 rings (SSSR count). The van der Waals surface area contributed by atoms with Crippen molar-refractivity contribution >= 4 is 17.9 Å². The van der Waals surface area contributed by atoms with Gasteiger partial charge < -0.3 is 15.2 Å². The molecule has 0 bridgehead atoms. The lowest BCUT2D eigenvalue weighted by atomic mass is 10.2. The molecule has 0 spiro atoms. The van der Waals surface area contributed by atoms with E-state index in [9.17, 15) is 9.59 Å². The van der Waals surface area contributed by atoms with Crippen molar-refractivity contribution in [3.8, 4) is 0 Å². The van der Waals surface area contributed by atoms with E-state index in [0.29, 0.717) is 0 Å². The summed E-state index contributed by atoms with van der Waals surface area (Å²) in [5.41, 5.74) is 5.11.